The van der Waals surface area contributed by atoms with Gasteiger partial charge in [0, 0.05) is 19.0 Å². The molecule has 0 N–H and O–H groups in total. The fraction of sp³-hybridized carbons (Fsp3) is 0.174. The molecule has 8 heteroatoms. The van der Waals surface area contributed by atoms with E-state index in [2.05, 4.69) is 10.1 Å². The summed E-state index contributed by atoms with van der Waals surface area (Å²) < 4.78 is 29.1. The fourth-order valence-corrected chi connectivity index (χ4v) is 4.57. The lowest BCUT2D eigenvalue weighted by Gasteiger charge is -2.15. The number of thiophene rings is 1. The van der Waals surface area contributed by atoms with Crippen LogP contribution < -0.4 is 0 Å². The van der Waals surface area contributed by atoms with Gasteiger partial charge in [0.05, 0.1) is 10.6 Å². The van der Waals surface area contributed by atoms with Gasteiger partial charge in [-0.1, -0.05) is 24.3 Å². The maximum Gasteiger partial charge on any atom is 0.293 e. The van der Waals surface area contributed by atoms with Crippen molar-refractivity contribution in [1.29, 1.82) is 0 Å². The van der Waals surface area contributed by atoms with E-state index in [0.29, 0.717) is 36.6 Å². The highest BCUT2D eigenvalue weighted by Gasteiger charge is 2.32. The number of halogens is 2. The molecule has 1 atom stereocenters. The van der Waals surface area contributed by atoms with Crippen LogP contribution in [0.4, 0.5) is 8.78 Å². The lowest BCUT2D eigenvalue weighted by atomic mass is 9.98. The van der Waals surface area contributed by atoms with Crippen molar-refractivity contribution in [3.8, 4) is 16.4 Å². The Kier molecular flexibility index (Phi) is 5.07. The summed E-state index contributed by atoms with van der Waals surface area (Å²) in [5.41, 5.74) is 1.24. The topological polar surface area (TPSA) is 51.0 Å². The number of rotatable bonds is 4. The molecule has 1 aliphatic heterocycles. The molecule has 1 aliphatic rings. The molecule has 0 radical (unpaired) electrons. The molecule has 2 aromatic carbocycles. The molecule has 4 aromatic rings. The number of hydrogen-bond donors (Lipinski definition) is 0. The third-order valence-corrected chi connectivity index (χ3v) is 6.30. The summed E-state index contributed by atoms with van der Waals surface area (Å²) in [5, 5.41) is 6.37. The Morgan fingerprint density at radius 3 is 2.58 bits per heavy atom. The maximum atomic E-state index is 14.2. The van der Waals surface area contributed by atoms with Crippen molar-refractivity contribution in [1.82, 2.24) is 19.7 Å². The van der Waals surface area contributed by atoms with Crippen LogP contribution in [0.2, 0.25) is 0 Å². The van der Waals surface area contributed by atoms with E-state index in [9.17, 15) is 13.6 Å². The molecule has 1 saturated heterocycles. The third-order valence-electron chi connectivity index (χ3n) is 5.43. The van der Waals surface area contributed by atoms with Crippen LogP contribution in [0.15, 0.2) is 66.0 Å². The van der Waals surface area contributed by atoms with E-state index in [1.807, 2.05) is 23.6 Å². The molecule has 1 amide bonds. The van der Waals surface area contributed by atoms with Gasteiger partial charge in [-0.2, -0.15) is 0 Å². The number of amides is 1. The zero-order valence-corrected chi connectivity index (χ0v) is 17.2. The van der Waals surface area contributed by atoms with Gasteiger partial charge >= 0.3 is 0 Å². The van der Waals surface area contributed by atoms with Crippen molar-refractivity contribution >= 4 is 17.2 Å². The molecule has 0 saturated carbocycles. The first-order valence-corrected chi connectivity index (χ1v) is 10.8. The van der Waals surface area contributed by atoms with Gasteiger partial charge < -0.3 is 4.90 Å². The average Bonchev–Trinajstić information content (AvgIpc) is 3.54. The predicted molar refractivity (Wildman–Crippen MR) is 114 cm³/mol. The van der Waals surface area contributed by atoms with Crippen LogP contribution in [0, 0.1) is 11.6 Å². The quantitative estimate of drug-likeness (QED) is 0.457. The number of aromatic nitrogens is 3. The van der Waals surface area contributed by atoms with E-state index >= 15 is 0 Å². The Morgan fingerprint density at radius 1 is 1.03 bits per heavy atom. The molecule has 3 heterocycles. The molecule has 156 valence electrons. The van der Waals surface area contributed by atoms with Crippen molar-refractivity contribution in [2.45, 2.75) is 12.3 Å². The van der Waals surface area contributed by atoms with Gasteiger partial charge in [-0.05, 0) is 53.8 Å². The molecule has 5 rings (SSSR count). The molecule has 0 bridgehead atoms. The first-order valence-electron chi connectivity index (χ1n) is 9.91. The lowest BCUT2D eigenvalue weighted by Crippen LogP contribution is -2.29. The smallest absolute Gasteiger partial charge is 0.293 e. The summed E-state index contributed by atoms with van der Waals surface area (Å²) in [6, 6.07) is 16.4. The van der Waals surface area contributed by atoms with Gasteiger partial charge in [0.25, 0.3) is 5.91 Å². The first kappa shape index (κ1) is 19.6. The molecular formula is C23H18F2N4OS. The third kappa shape index (κ3) is 3.74. The molecule has 1 unspecified atom stereocenters. The van der Waals surface area contributed by atoms with E-state index in [1.54, 1.807) is 33.8 Å². The highest BCUT2D eigenvalue weighted by Crippen LogP contribution is 2.30. The Labute approximate surface area is 181 Å². The second-order valence-corrected chi connectivity index (χ2v) is 8.33. The minimum atomic E-state index is -0.353. The molecule has 1 fully saturated rings. The second-order valence-electron chi connectivity index (χ2n) is 7.38. The Morgan fingerprint density at radius 2 is 1.84 bits per heavy atom. The zero-order chi connectivity index (χ0) is 21.4. The van der Waals surface area contributed by atoms with Crippen molar-refractivity contribution < 1.29 is 13.6 Å². The van der Waals surface area contributed by atoms with Crippen molar-refractivity contribution in [2.24, 2.45) is 0 Å². The summed E-state index contributed by atoms with van der Waals surface area (Å²) >= 11 is 1.48. The van der Waals surface area contributed by atoms with Crippen LogP contribution in [0.3, 0.4) is 0 Å². The van der Waals surface area contributed by atoms with Gasteiger partial charge in [-0.15, -0.1) is 16.4 Å². The Bertz CT molecular complexity index is 1220. The minimum Gasteiger partial charge on any atom is -0.335 e. The minimum absolute atomic E-state index is 0.0545. The van der Waals surface area contributed by atoms with Crippen LogP contribution in [0.1, 0.15) is 28.5 Å². The maximum absolute atomic E-state index is 14.2. The van der Waals surface area contributed by atoms with E-state index < -0.39 is 0 Å². The fourth-order valence-electron chi connectivity index (χ4n) is 3.88. The van der Waals surface area contributed by atoms with Crippen LogP contribution in [-0.4, -0.2) is 38.7 Å². The van der Waals surface area contributed by atoms with Crippen LogP contribution in [-0.2, 0) is 0 Å². The van der Waals surface area contributed by atoms with E-state index in [-0.39, 0.29) is 29.3 Å². The number of carbonyl (C=O) groups excluding carboxylic acids is 1. The molecule has 2 aromatic heterocycles. The summed E-state index contributed by atoms with van der Waals surface area (Å²) in [7, 11) is 0. The Hall–Kier alpha value is -3.39. The highest BCUT2D eigenvalue weighted by atomic mass is 32.1. The number of carbonyl (C=O) groups is 1. The normalized spacial score (nSPS) is 16.1. The highest BCUT2D eigenvalue weighted by molar-refractivity contribution is 7.13. The number of hydrogen-bond acceptors (Lipinski definition) is 4. The lowest BCUT2D eigenvalue weighted by molar-refractivity contribution is 0.0778. The number of nitrogens with zero attached hydrogens (tertiary/aromatic N) is 4. The molecule has 5 nitrogen and oxygen atoms in total. The van der Waals surface area contributed by atoms with Crippen LogP contribution in [0.5, 0.6) is 0 Å². The van der Waals surface area contributed by atoms with E-state index in [1.165, 1.54) is 29.5 Å². The average molecular weight is 436 g/mol. The molecule has 0 spiro atoms. The summed E-state index contributed by atoms with van der Waals surface area (Å²) in [6.45, 7) is 0.927. The standard InChI is InChI=1S/C23H18F2N4OS/c24-16-7-9-17(10-8-16)29-22(20-6-3-13-31-20)26-21(27-29)23(30)28-12-11-15(14-28)18-4-1-2-5-19(18)25/h1-10,13,15H,11-12,14H2. The second kappa shape index (κ2) is 8.03. The van der Waals surface area contributed by atoms with E-state index in [4.69, 9.17) is 0 Å². The van der Waals surface area contributed by atoms with Crippen molar-refractivity contribution in [3.63, 3.8) is 0 Å². The zero-order valence-electron chi connectivity index (χ0n) is 16.4. The van der Waals surface area contributed by atoms with Gasteiger partial charge in [0.2, 0.25) is 5.82 Å². The first-order chi connectivity index (χ1) is 15.1. The summed E-state index contributed by atoms with van der Waals surface area (Å²) in [6.07, 6.45) is 0.684. The number of likely N-dealkylation sites (tertiary alicyclic amines) is 1. The van der Waals surface area contributed by atoms with Gasteiger partial charge in [0.1, 0.15) is 11.6 Å². The summed E-state index contributed by atoms with van der Waals surface area (Å²) in [4.78, 5) is 20.2. The van der Waals surface area contributed by atoms with Gasteiger partial charge in [0.15, 0.2) is 5.82 Å². The Balaban J connectivity index is 1.45. The number of benzene rings is 2. The molecular weight excluding hydrogens is 418 g/mol. The van der Waals surface area contributed by atoms with Crippen molar-refractivity contribution in [3.05, 3.63) is 89.1 Å². The van der Waals surface area contributed by atoms with E-state index in [0.717, 1.165) is 4.88 Å². The SMILES string of the molecule is O=C(c1nc(-c2cccs2)n(-c2ccc(F)cc2)n1)N1CCC(c2ccccc2F)C1. The van der Waals surface area contributed by atoms with Crippen LogP contribution >= 0.6 is 11.3 Å². The molecule has 31 heavy (non-hydrogen) atoms. The van der Waals surface area contributed by atoms with Gasteiger partial charge in [-0.25, -0.2) is 18.4 Å². The predicted octanol–water partition coefficient (Wildman–Crippen LogP) is 4.90. The van der Waals surface area contributed by atoms with Crippen molar-refractivity contribution in [2.75, 3.05) is 13.1 Å². The largest absolute Gasteiger partial charge is 0.335 e. The van der Waals surface area contributed by atoms with Gasteiger partial charge in [-0.3, -0.25) is 4.79 Å². The summed E-state index contributed by atoms with van der Waals surface area (Å²) in [5.74, 6) is -0.357. The van der Waals surface area contributed by atoms with Crippen LogP contribution in [0.25, 0.3) is 16.4 Å². The monoisotopic (exact) mass is 436 g/mol. The molecule has 0 aliphatic carbocycles.